The third kappa shape index (κ3) is 3.94. The van der Waals surface area contributed by atoms with E-state index in [1.165, 1.54) is 58.4 Å². The molecule has 2 fully saturated rings. The van der Waals surface area contributed by atoms with Gasteiger partial charge in [-0.2, -0.15) is 0 Å². The molecule has 0 aromatic rings. The Hall–Kier alpha value is -0.120. The van der Waals surface area contributed by atoms with E-state index in [2.05, 4.69) is 35.9 Å². The fourth-order valence-electron chi connectivity index (χ4n) is 3.56. The highest BCUT2D eigenvalue weighted by Gasteiger charge is 2.28. The minimum atomic E-state index is 0.619. The van der Waals surface area contributed by atoms with Gasteiger partial charge in [0.2, 0.25) is 0 Å². The molecule has 2 atom stereocenters. The van der Waals surface area contributed by atoms with Crippen LogP contribution in [0.1, 0.15) is 46.5 Å². The molecule has 3 nitrogen and oxygen atoms in total. The molecule has 3 heteroatoms. The molecule has 0 radical (unpaired) electrons. The molecule has 0 spiro atoms. The third-order valence-corrected chi connectivity index (χ3v) is 4.47. The molecule has 0 aromatic carbocycles. The van der Waals surface area contributed by atoms with Gasteiger partial charge in [0.1, 0.15) is 0 Å². The summed E-state index contributed by atoms with van der Waals surface area (Å²) in [6, 6.07) is 2.15. The van der Waals surface area contributed by atoms with E-state index in [0.29, 0.717) is 6.04 Å². The first kappa shape index (κ1) is 14.3. The second kappa shape index (κ2) is 6.88. The number of hydrogen-bond donors (Lipinski definition) is 1. The molecular formula is C15H31N3. The SMILES string of the molecule is CCN1CCCC(N2CCCC(NC(C)C)C2)C1. The van der Waals surface area contributed by atoms with Gasteiger partial charge in [-0.25, -0.2) is 0 Å². The Kier molecular flexibility index (Phi) is 5.46. The number of nitrogens with one attached hydrogen (secondary N) is 1. The lowest BCUT2D eigenvalue weighted by molar-refractivity contribution is 0.0718. The average Bonchev–Trinajstić information content (AvgIpc) is 2.38. The Morgan fingerprint density at radius 2 is 1.89 bits per heavy atom. The van der Waals surface area contributed by atoms with Crippen LogP contribution >= 0.6 is 0 Å². The van der Waals surface area contributed by atoms with Gasteiger partial charge in [0.05, 0.1) is 0 Å². The summed E-state index contributed by atoms with van der Waals surface area (Å²) in [5.74, 6) is 0. The first-order valence-electron chi connectivity index (χ1n) is 7.91. The van der Waals surface area contributed by atoms with Crippen LogP contribution in [0.5, 0.6) is 0 Å². The van der Waals surface area contributed by atoms with Crippen LogP contribution in [0.3, 0.4) is 0 Å². The van der Waals surface area contributed by atoms with Gasteiger partial charge in [-0.3, -0.25) is 4.90 Å². The predicted octanol–water partition coefficient (Wildman–Crippen LogP) is 1.93. The molecule has 0 aliphatic carbocycles. The van der Waals surface area contributed by atoms with E-state index in [-0.39, 0.29) is 0 Å². The molecule has 0 bridgehead atoms. The Labute approximate surface area is 113 Å². The quantitative estimate of drug-likeness (QED) is 0.826. The molecule has 2 heterocycles. The number of likely N-dealkylation sites (N-methyl/N-ethyl adjacent to an activating group) is 1. The van der Waals surface area contributed by atoms with Gasteiger partial charge in [0.25, 0.3) is 0 Å². The smallest absolute Gasteiger partial charge is 0.0224 e. The molecule has 0 amide bonds. The standard InChI is InChI=1S/C15H31N3/c1-4-17-9-6-8-15(12-17)18-10-5-7-14(11-18)16-13(2)3/h13-16H,4-12H2,1-3H3. The summed E-state index contributed by atoms with van der Waals surface area (Å²) in [7, 11) is 0. The molecule has 2 aliphatic heterocycles. The zero-order chi connectivity index (χ0) is 13.0. The maximum atomic E-state index is 3.72. The summed E-state index contributed by atoms with van der Waals surface area (Å²) in [6.07, 6.45) is 5.52. The lowest BCUT2D eigenvalue weighted by atomic mass is 9.98. The van der Waals surface area contributed by atoms with E-state index in [9.17, 15) is 0 Å². The highest BCUT2D eigenvalue weighted by molar-refractivity contribution is 4.87. The number of likely N-dealkylation sites (tertiary alicyclic amines) is 2. The van der Waals surface area contributed by atoms with Crippen LogP contribution in [0.2, 0.25) is 0 Å². The van der Waals surface area contributed by atoms with E-state index < -0.39 is 0 Å². The van der Waals surface area contributed by atoms with Crippen molar-refractivity contribution in [1.82, 2.24) is 15.1 Å². The number of nitrogens with zero attached hydrogens (tertiary/aromatic N) is 2. The van der Waals surface area contributed by atoms with Gasteiger partial charge in [-0.05, 0) is 45.3 Å². The monoisotopic (exact) mass is 253 g/mol. The Morgan fingerprint density at radius 3 is 2.61 bits per heavy atom. The minimum absolute atomic E-state index is 0.619. The van der Waals surface area contributed by atoms with Crippen molar-refractivity contribution in [2.24, 2.45) is 0 Å². The van der Waals surface area contributed by atoms with Crippen LogP contribution < -0.4 is 5.32 Å². The third-order valence-electron chi connectivity index (χ3n) is 4.47. The van der Waals surface area contributed by atoms with Crippen molar-refractivity contribution in [2.75, 3.05) is 32.7 Å². The van der Waals surface area contributed by atoms with E-state index in [1.807, 2.05) is 0 Å². The fraction of sp³-hybridized carbons (Fsp3) is 1.00. The van der Waals surface area contributed by atoms with Crippen LogP contribution in [0.15, 0.2) is 0 Å². The molecule has 106 valence electrons. The van der Waals surface area contributed by atoms with Crippen molar-refractivity contribution in [1.29, 1.82) is 0 Å². The van der Waals surface area contributed by atoms with Crippen molar-refractivity contribution in [3.63, 3.8) is 0 Å². The van der Waals surface area contributed by atoms with E-state index in [0.717, 1.165) is 12.1 Å². The lowest BCUT2D eigenvalue weighted by Crippen LogP contribution is -2.55. The number of piperidine rings is 2. The molecule has 0 saturated carbocycles. The summed E-state index contributed by atoms with van der Waals surface area (Å²) in [4.78, 5) is 5.37. The van der Waals surface area contributed by atoms with Crippen LogP contribution in [-0.4, -0.2) is 60.6 Å². The van der Waals surface area contributed by atoms with Crippen molar-refractivity contribution in [3.8, 4) is 0 Å². The summed E-state index contributed by atoms with van der Waals surface area (Å²) < 4.78 is 0. The Balaban J connectivity index is 1.84. The summed E-state index contributed by atoms with van der Waals surface area (Å²) in [5, 5.41) is 3.72. The van der Waals surface area contributed by atoms with Crippen molar-refractivity contribution in [2.45, 2.75) is 64.6 Å². The fourth-order valence-corrected chi connectivity index (χ4v) is 3.56. The van der Waals surface area contributed by atoms with Gasteiger partial charge in [-0.1, -0.05) is 20.8 Å². The highest BCUT2D eigenvalue weighted by atomic mass is 15.2. The minimum Gasteiger partial charge on any atom is -0.311 e. The first-order valence-corrected chi connectivity index (χ1v) is 7.91. The van der Waals surface area contributed by atoms with E-state index >= 15 is 0 Å². The van der Waals surface area contributed by atoms with Crippen LogP contribution in [-0.2, 0) is 0 Å². The first-order chi connectivity index (χ1) is 8.69. The number of hydrogen-bond acceptors (Lipinski definition) is 3. The molecule has 18 heavy (non-hydrogen) atoms. The molecule has 0 aromatic heterocycles. The van der Waals surface area contributed by atoms with Crippen molar-refractivity contribution in [3.05, 3.63) is 0 Å². The zero-order valence-corrected chi connectivity index (χ0v) is 12.5. The molecule has 2 unspecified atom stereocenters. The average molecular weight is 253 g/mol. The zero-order valence-electron chi connectivity index (χ0n) is 12.5. The maximum Gasteiger partial charge on any atom is 0.0224 e. The molecule has 2 aliphatic rings. The topological polar surface area (TPSA) is 18.5 Å². The number of rotatable bonds is 4. The normalized spacial score (nSPS) is 32.0. The summed E-state index contributed by atoms with van der Waals surface area (Å²) >= 11 is 0. The predicted molar refractivity (Wildman–Crippen MR) is 78.0 cm³/mol. The molecule has 2 rings (SSSR count). The second-order valence-corrected chi connectivity index (χ2v) is 6.34. The largest absolute Gasteiger partial charge is 0.311 e. The highest BCUT2D eigenvalue weighted by Crippen LogP contribution is 2.20. The molecule has 2 saturated heterocycles. The molecular weight excluding hydrogens is 222 g/mol. The van der Waals surface area contributed by atoms with Gasteiger partial charge >= 0.3 is 0 Å². The summed E-state index contributed by atoms with van der Waals surface area (Å²) in [5.41, 5.74) is 0. The maximum absolute atomic E-state index is 3.72. The van der Waals surface area contributed by atoms with Crippen LogP contribution in [0, 0.1) is 0 Å². The van der Waals surface area contributed by atoms with Gasteiger partial charge in [0.15, 0.2) is 0 Å². The Bertz CT molecular complexity index is 242. The van der Waals surface area contributed by atoms with Crippen molar-refractivity contribution < 1.29 is 0 Å². The van der Waals surface area contributed by atoms with Crippen LogP contribution in [0.4, 0.5) is 0 Å². The van der Waals surface area contributed by atoms with Crippen molar-refractivity contribution >= 4 is 0 Å². The second-order valence-electron chi connectivity index (χ2n) is 6.34. The van der Waals surface area contributed by atoms with Gasteiger partial charge in [-0.15, -0.1) is 0 Å². The Morgan fingerprint density at radius 1 is 1.11 bits per heavy atom. The van der Waals surface area contributed by atoms with Gasteiger partial charge < -0.3 is 10.2 Å². The van der Waals surface area contributed by atoms with E-state index in [4.69, 9.17) is 0 Å². The van der Waals surface area contributed by atoms with Gasteiger partial charge in [0, 0.05) is 31.2 Å². The van der Waals surface area contributed by atoms with Crippen LogP contribution in [0.25, 0.3) is 0 Å². The van der Waals surface area contributed by atoms with E-state index in [1.54, 1.807) is 0 Å². The molecule has 1 N–H and O–H groups in total. The lowest BCUT2D eigenvalue weighted by Gasteiger charge is -2.43. The summed E-state index contributed by atoms with van der Waals surface area (Å²) in [6.45, 7) is 13.2.